The molecular weight excluding hydrogens is 222 g/mol. The lowest BCUT2D eigenvalue weighted by molar-refractivity contribution is 0.101. The quantitative estimate of drug-likeness (QED) is 0.857. The van der Waals surface area contributed by atoms with Crippen molar-refractivity contribution in [3.63, 3.8) is 0 Å². The predicted molar refractivity (Wildman–Crippen MR) is 76.2 cm³/mol. The summed E-state index contributed by atoms with van der Waals surface area (Å²) in [5, 5.41) is 3.52. The highest BCUT2D eigenvalue weighted by Gasteiger charge is 2.27. The molecule has 3 nitrogen and oxygen atoms in total. The Morgan fingerprint density at radius 2 is 2.11 bits per heavy atom. The van der Waals surface area contributed by atoms with Crippen molar-refractivity contribution in [2.24, 2.45) is 0 Å². The van der Waals surface area contributed by atoms with Crippen LogP contribution in [0, 0.1) is 0 Å². The van der Waals surface area contributed by atoms with E-state index in [1.807, 2.05) is 0 Å². The summed E-state index contributed by atoms with van der Waals surface area (Å²) >= 11 is 0. The molecule has 18 heavy (non-hydrogen) atoms. The van der Waals surface area contributed by atoms with Gasteiger partial charge in [-0.05, 0) is 25.6 Å². The summed E-state index contributed by atoms with van der Waals surface area (Å²) in [6.45, 7) is 8.23. The first-order valence-corrected chi connectivity index (χ1v) is 6.99. The van der Waals surface area contributed by atoms with Gasteiger partial charge in [0.2, 0.25) is 0 Å². The Labute approximate surface area is 110 Å². The zero-order valence-electron chi connectivity index (χ0n) is 11.4. The van der Waals surface area contributed by atoms with Crippen molar-refractivity contribution in [2.45, 2.75) is 18.9 Å². The Morgan fingerprint density at radius 1 is 1.28 bits per heavy atom. The van der Waals surface area contributed by atoms with Gasteiger partial charge in [0.15, 0.2) is 0 Å². The normalized spacial score (nSPS) is 29.0. The molecule has 1 saturated heterocycles. The van der Waals surface area contributed by atoms with Crippen LogP contribution >= 0.6 is 0 Å². The van der Waals surface area contributed by atoms with E-state index < -0.39 is 0 Å². The smallest absolute Gasteiger partial charge is 0.0376 e. The predicted octanol–water partition coefficient (Wildman–Crippen LogP) is 1.83. The number of piperazine rings is 1. The van der Waals surface area contributed by atoms with Gasteiger partial charge in [0.05, 0.1) is 0 Å². The maximum absolute atomic E-state index is 3.52. The molecule has 2 aliphatic heterocycles. The second-order valence-corrected chi connectivity index (χ2v) is 5.75. The summed E-state index contributed by atoms with van der Waals surface area (Å²) < 4.78 is 0. The fourth-order valence-corrected chi connectivity index (χ4v) is 3.12. The molecule has 0 saturated carbocycles. The van der Waals surface area contributed by atoms with Crippen molar-refractivity contribution in [3.8, 4) is 0 Å². The van der Waals surface area contributed by atoms with Crippen LogP contribution in [0.15, 0.2) is 24.3 Å². The molecule has 1 fully saturated rings. The Morgan fingerprint density at radius 3 is 2.94 bits per heavy atom. The van der Waals surface area contributed by atoms with Crippen molar-refractivity contribution in [2.75, 3.05) is 45.1 Å². The molecule has 3 rings (SSSR count). The highest BCUT2D eigenvalue weighted by atomic mass is 15.3. The standard InChI is InChI=1S/C15H23N3/c1-12-10-18(8-7-17(12)2)11-13-9-16-15-6-4-3-5-14(13)15/h3-6,12-13,16H,7-11H2,1-2H3. The Balaban J connectivity index is 1.65. The van der Waals surface area contributed by atoms with E-state index in [0.717, 1.165) is 6.54 Å². The van der Waals surface area contributed by atoms with Gasteiger partial charge in [-0.3, -0.25) is 4.90 Å². The van der Waals surface area contributed by atoms with Crippen LogP contribution in [-0.4, -0.2) is 55.6 Å². The van der Waals surface area contributed by atoms with Crippen LogP contribution in [0.25, 0.3) is 0 Å². The number of hydrogen-bond acceptors (Lipinski definition) is 3. The SMILES string of the molecule is CC1CN(CC2CNc3ccccc32)CCN1C. The number of hydrogen-bond donors (Lipinski definition) is 1. The highest BCUT2D eigenvalue weighted by molar-refractivity contribution is 5.57. The average molecular weight is 245 g/mol. The van der Waals surface area contributed by atoms with Crippen molar-refractivity contribution in [3.05, 3.63) is 29.8 Å². The topological polar surface area (TPSA) is 18.5 Å². The molecule has 2 unspecified atom stereocenters. The third-order valence-corrected chi connectivity index (χ3v) is 4.46. The van der Waals surface area contributed by atoms with E-state index in [9.17, 15) is 0 Å². The minimum absolute atomic E-state index is 0.664. The molecule has 2 atom stereocenters. The van der Waals surface area contributed by atoms with Gasteiger partial charge < -0.3 is 10.2 Å². The minimum Gasteiger partial charge on any atom is -0.384 e. The van der Waals surface area contributed by atoms with Crippen LogP contribution in [0.2, 0.25) is 0 Å². The van der Waals surface area contributed by atoms with Gasteiger partial charge in [0, 0.05) is 50.4 Å². The molecule has 0 aromatic heterocycles. The van der Waals surface area contributed by atoms with Crippen LogP contribution in [-0.2, 0) is 0 Å². The lowest BCUT2D eigenvalue weighted by atomic mass is 10.00. The third kappa shape index (κ3) is 2.25. The van der Waals surface area contributed by atoms with Gasteiger partial charge in [0.25, 0.3) is 0 Å². The summed E-state index contributed by atoms with van der Waals surface area (Å²) in [6.07, 6.45) is 0. The van der Waals surface area contributed by atoms with Gasteiger partial charge in [-0.1, -0.05) is 18.2 Å². The minimum atomic E-state index is 0.664. The Bertz CT molecular complexity index is 418. The zero-order valence-corrected chi connectivity index (χ0v) is 11.4. The molecule has 98 valence electrons. The average Bonchev–Trinajstić information content (AvgIpc) is 2.78. The summed E-state index contributed by atoms with van der Waals surface area (Å²) in [4.78, 5) is 5.08. The van der Waals surface area contributed by atoms with Crippen molar-refractivity contribution in [1.82, 2.24) is 9.80 Å². The van der Waals surface area contributed by atoms with Crippen molar-refractivity contribution >= 4 is 5.69 Å². The molecule has 2 heterocycles. The van der Waals surface area contributed by atoms with Gasteiger partial charge in [0.1, 0.15) is 0 Å². The number of nitrogens with zero attached hydrogens (tertiary/aromatic N) is 2. The molecule has 2 aliphatic rings. The summed E-state index contributed by atoms with van der Waals surface area (Å²) in [7, 11) is 2.23. The van der Waals surface area contributed by atoms with Crippen LogP contribution in [0.1, 0.15) is 18.4 Å². The van der Waals surface area contributed by atoms with Crippen LogP contribution in [0.5, 0.6) is 0 Å². The lowest BCUT2D eigenvalue weighted by Crippen LogP contribution is -2.51. The second kappa shape index (κ2) is 4.90. The van der Waals surface area contributed by atoms with E-state index in [4.69, 9.17) is 0 Å². The molecule has 3 heteroatoms. The molecule has 1 aromatic carbocycles. The molecule has 1 aromatic rings. The zero-order chi connectivity index (χ0) is 12.5. The molecule has 0 spiro atoms. The Kier molecular flexibility index (Phi) is 3.27. The van der Waals surface area contributed by atoms with E-state index in [-0.39, 0.29) is 0 Å². The van der Waals surface area contributed by atoms with Gasteiger partial charge in [-0.25, -0.2) is 0 Å². The maximum Gasteiger partial charge on any atom is 0.0376 e. The first kappa shape index (κ1) is 12.0. The molecular formula is C15H23N3. The van der Waals surface area contributed by atoms with Gasteiger partial charge in [-0.2, -0.15) is 0 Å². The number of nitrogens with one attached hydrogen (secondary N) is 1. The number of rotatable bonds is 2. The molecule has 0 bridgehead atoms. The second-order valence-electron chi connectivity index (χ2n) is 5.75. The van der Waals surface area contributed by atoms with E-state index in [1.165, 1.54) is 37.4 Å². The highest BCUT2D eigenvalue weighted by Crippen LogP contribution is 2.31. The molecule has 0 aliphatic carbocycles. The first-order valence-electron chi connectivity index (χ1n) is 6.99. The Hall–Kier alpha value is -1.06. The monoisotopic (exact) mass is 245 g/mol. The van der Waals surface area contributed by atoms with Crippen LogP contribution < -0.4 is 5.32 Å². The number of fused-ring (bicyclic) bond motifs is 1. The summed E-state index contributed by atoms with van der Waals surface area (Å²) in [5.41, 5.74) is 2.84. The molecule has 0 radical (unpaired) electrons. The third-order valence-electron chi connectivity index (χ3n) is 4.46. The lowest BCUT2D eigenvalue weighted by Gasteiger charge is -2.38. The number of para-hydroxylation sites is 1. The van der Waals surface area contributed by atoms with E-state index in [0.29, 0.717) is 12.0 Å². The fraction of sp³-hybridized carbons (Fsp3) is 0.600. The van der Waals surface area contributed by atoms with Crippen molar-refractivity contribution in [1.29, 1.82) is 0 Å². The van der Waals surface area contributed by atoms with Gasteiger partial charge >= 0.3 is 0 Å². The van der Waals surface area contributed by atoms with E-state index >= 15 is 0 Å². The van der Waals surface area contributed by atoms with Crippen LogP contribution in [0.4, 0.5) is 5.69 Å². The van der Waals surface area contributed by atoms with E-state index in [1.54, 1.807) is 0 Å². The molecule has 1 N–H and O–H groups in total. The number of anilines is 1. The van der Waals surface area contributed by atoms with Crippen molar-refractivity contribution < 1.29 is 0 Å². The number of likely N-dealkylation sites (N-methyl/N-ethyl adjacent to an activating group) is 1. The van der Waals surface area contributed by atoms with Crippen LogP contribution in [0.3, 0.4) is 0 Å². The van der Waals surface area contributed by atoms with Gasteiger partial charge in [-0.15, -0.1) is 0 Å². The molecule has 0 amide bonds. The summed E-state index contributed by atoms with van der Waals surface area (Å²) in [6, 6.07) is 9.43. The van der Waals surface area contributed by atoms with E-state index in [2.05, 4.69) is 53.4 Å². The summed E-state index contributed by atoms with van der Waals surface area (Å²) in [5.74, 6) is 0.664. The fourth-order valence-electron chi connectivity index (χ4n) is 3.12. The first-order chi connectivity index (χ1) is 8.74. The number of benzene rings is 1. The largest absolute Gasteiger partial charge is 0.384 e. The maximum atomic E-state index is 3.52.